The third-order valence-electron chi connectivity index (χ3n) is 4.04. The Labute approximate surface area is 128 Å². The van der Waals surface area contributed by atoms with Crippen LogP contribution in [0.15, 0.2) is 36.9 Å². The number of benzene rings is 1. The van der Waals surface area contributed by atoms with Gasteiger partial charge in [-0.1, -0.05) is 32.1 Å². The van der Waals surface area contributed by atoms with Gasteiger partial charge in [0, 0.05) is 31.2 Å². The zero-order valence-corrected chi connectivity index (χ0v) is 13.1. The van der Waals surface area contributed by atoms with Crippen LogP contribution >= 0.6 is 0 Å². The Balaban J connectivity index is 1.92. The molecule has 1 unspecified atom stereocenters. The van der Waals surface area contributed by atoms with Crippen molar-refractivity contribution in [3.8, 4) is 0 Å². The van der Waals surface area contributed by atoms with Gasteiger partial charge in [0.15, 0.2) is 0 Å². The number of amides is 1. The molecule has 2 rings (SSSR count). The largest absolute Gasteiger partial charge is 0.381 e. The van der Waals surface area contributed by atoms with Crippen LogP contribution in [0.5, 0.6) is 0 Å². The molecular formula is C18H26N2O. The van der Waals surface area contributed by atoms with E-state index in [1.165, 1.54) is 5.56 Å². The molecule has 1 aliphatic rings. The summed E-state index contributed by atoms with van der Waals surface area (Å²) in [6.45, 7) is 9.71. The highest BCUT2D eigenvalue weighted by atomic mass is 16.2. The van der Waals surface area contributed by atoms with Crippen molar-refractivity contribution in [2.45, 2.75) is 45.1 Å². The standard InChI is InChI=1S/C18H26N2O/c1-4-6-18(21)20-12-5-7-17(13-20)19-16-10-8-15(9-11-16)14(2)3/h4,8-11,14,17,19H,1,5-7,12-13H2,2-3H3. The number of carbonyl (C=O) groups is 1. The highest BCUT2D eigenvalue weighted by Gasteiger charge is 2.22. The molecule has 1 fully saturated rings. The average molecular weight is 286 g/mol. The lowest BCUT2D eigenvalue weighted by Gasteiger charge is -2.33. The van der Waals surface area contributed by atoms with Crippen LogP contribution in [0.3, 0.4) is 0 Å². The summed E-state index contributed by atoms with van der Waals surface area (Å²) in [6, 6.07) is 8.98. The molecule has 0 radical (unpaired) electrons. The Hall–Kier alpha value is -1.77. The van der Waals surface area contributed by atoms with Crippen LogP contribution in [0.1, 0.15) is 44.6 Å². The van der Waals surface area contributed by atoms with E-state index in [-0.39, 0.29) is 5.91 Å². The van der Waals surface area contributed by atoms with Crippen molar-refractivity contribution in [3.05, 3.63) is 42.5 Å². The number of hydrogen-bond donors (Lipinski definition) is 1. The Kier molecular flexibility index (Phi) is 5.43. The smallest absolute Gasteiger partial charge is 0.226 e. The highest BCUT2D eigenvalue weighted by Crippen LogP contribution is 2.20. The Morgan fingerprint density at radius 3 is 2.76 bits per heavy atom. The van der Waals surface area contributed by atoms with E-state index in [4.69, 9.17) is 0 Å². The summed E-state index contributed by atoms with van der Waals surface area (Å²) in [4.78, 5) is 13.9. The Bertz CT molecular complexity index is 478. The fourth-order valence-electron chi connectivity index (χ4n) is 2.77. The maximum absolute atomic E-state index is 11.9. The first-order chi connectivity index (χ1) is 10.1. The van der Waals surface area contributed by atoms with Crippen LogP contribution in [-0.4, -0.2) is 29.9 Å². The number of hydrogen-bond acceptors (Lipinski definition) is 2. The molecule has 1 aliphatic heterocycles. The van der Waals surface area contributed by atoms with E-state index in [2.05, 4.69) is 50.0 Å². The van der Waals surface area contributed by atoms with Gasteiger partial charge in [-0.3, -0.25) is 4.79 Å². The number of piperidine rings is 1. The average Bonchev–Trinajstić information content (AvgIpc) is 2.48. The number of anilines is 1. The predicted molar refractivity (Wildman–Crippen MR) is 88.6 cm³/mol. The number of rotatable bonds is 5. The summed E-state index contributed by atoms with van der Waals surface area (Å²) in [6.07, 6.45) is 4.30. The van der Waals surface area contributed by atoms with Crippen LogP contribution in [-0.2, 0) is 4.79 Å². The van der Waals surface area contributed by atoms with Crippen LogP contribution in [0.25, 0.3) is 0 Å². The van der Waals surface area contributed by atoms with Crippen LogP contribution in [0.4, 0.5) is 5.69 Å². The second-order valence-corrected chi connectivity index (χ2v) is 6.09. The first-order valence-electron chi connectivity index (χ1n) is 7.85. The molecule has 1 N–H and O–H groups in total. The molecule has 1 aromatic carbocycles. The van der Waals surface area contributed by atoms with E-state index in [9.17, 15) is 4.79 Å². The summed E-state index contributed by atoms with van der Waals surface area (Å²) in [5.74, 6) is 0.743. The van der Waals surface area contributed by atoms with Gasteiger partial charge >= 0.3 is 0 Å². The van der Waals surface area contributed by atoms with Gasteiger partial charge in [-0.25, -0.2) is 0 Å². The van der Waals surface area contributed by atoms with E-state index in [0.29, 0.717) is 18.4 Å². The van der Waals surface area contributed by atoms with Crippen molar-refractivity contribution < 1.29 is 4.79 Å². The summed E-state index contributed by atoms with van der Waals surface area (Å²) >= 11 is 0. The van der Waals surface area contributed by atoms with Crippen LogP contribution in [0, 0.1) is 0 Å². The van der Waals surface area contributed by atoms with Gasteiger partial charge < -0.3 is 10.2 Å². The minimum atomic E-state index is 0.187. The molecule has 1 atom stereocenters. The maximum Gasteiger partial charge on any atom is 0.226 e. The van der Waals surface area contributed by atoms with E-state index in [0.717, 1.165) is 31.6 Å². The molecule has 3 heteroatoms. The second kappa shape index (κ2) is 7.30. The van der Waals surface area contributed by atoms with Crippen LogP contribution < -0.4 is 5.32 Å². The fraction of sp³-hybridized carbons (Fsp3) is 0.500. The number of nitrogens with zero attached hydrogens (tertiary/aromatic N) is 1. The van der Waals surface area contributed by atoms with Crippen molar-refractivity contribution in [3.63, 3.8) is 0 Å². The number of carbonyl (C=O) groups excluding carboxylic acids is 1. The van der Waals surface area contributed by atoms with E-state index in [1.807, 2.05) is 4.90 Å². The van der Waals surface area contributed by atoms with Crippen molar-refractivity contribution in [1.29, 1.82) is 0 Å². The van der Waals surface area contributed by atoms with E-state index in [1.54, 1.807) is 6.08 Å². The van der Waals surface area contributed by atoms with E-state index >= 15 is 0 Å². The SMILES string of the molecule is C=CCC(=O)N1CCCC(Nc2ccc(C(C)C)cc2)C1. The molecular weight excluding hydrogens is 260 g/mol. The van der Waals surface area contributed by atoms with Crippen molar-refractivity contribution in [2.24, 2.45) is 0 Å². The van der Waals surface area contributed by atoms with Crippen molar-refractivity contribution in [1.82, 2.24) is 4.90 Å². The highest BCUT2D eigenvalue weighted by molar-refractivity contribution is 5.77. The zero-order valence-electron chi connectivity index (χ0n) is 13.1. The summed E-state index contributed by atoms with van der Waals surface area (Å²) in [5.41, 5.74) is 2.49. The van der Waals surface area contributed by atoms with E-state index < -0.39 is 0 Å². The first kappa shape index (κ1) is 15.6. The monoisotopic (exact) mass is 286 g/mol. The predicted octanol–water partition coefficient (Wildman–Crippen LogP) is 3.79. The van der Waals surface area contributed by atoms with Gasteiger partial charge in [0.05, 0.1) is 0 Å². The lowest BCUT2D eigenvalue weighted by molar-refractivity contribution is -0.131. The molecule has 0 bridgehead atoms. The van der Waals surface area contributed by atoms with Gasteiger partial charge in [0.25, 0.3) is 0 Å². The van der Waals surface area contributed by atoms with Crippen molar-refractivity contribution in [2.75, 3.05) is 18.4 Å². The lowest BCUT2D eigenvalue weighted by Crippen LogP contribution is -2.44. The molecule has 0 aromatic heterocycles. The minimum absolute atomic E-state index is 0.187. The molecule has 0 saturated carbocycles. The molecule has 1 aromatic rings. The maximum atomic E-state index is 11.9. The first-order valence-corrected chi connectivity index (χ1v) is 7.85. The molecule has 0 spiro atoms. The van der Waals surface area contributed by atoms with Gasteiger partial charge in [0.2, 0.25) is 5.91 Å². The van der Waals surface area contributed by atoms with Gasteiger partial charge in [-0.2, -0.15) is 0 Å². The quantitative estimate of drug-likeness (QED) is 0.835. The van der Waals surface area contributed by atoms with Crippen LogP contribution in [0.2, 0.25) is 0 Å². The molecule has 1 amide bonds. The molecule has 1 heterocycles. The van der Waals surface area contributed by atoms with Gasteiger partial charge in [-0.15, -0.1) is 6.58 Å². The molecule has 1 saturated heterocycles. The molecule has 21 heavy (non-hydrogen) atoms. The van der Waals surface area contributed by atoms with Crippen molar-refractivity contribution >= 4 is 11.6 Å². The number of likely N-dealkylation sites (tertiary alicyclic amines) is 1. The molecule has 3 nitrogen and oxygen atoms in total. The molecule has 114 valence electrons. The minimum Gasteiger partial charge on any atom is -0.381 e. The second-order valence-electron chi connectivity index (χ2n) is 6.09. The fourth-order valence-corrected chi connectivity index (χ4v) is 2.77. The Morgan fingerprint density at radius 2 is 2.14 bits per heavy atom. The lowest BCUT2D eigenvalue weighted by atomic mass is 10.0. The molecule has 0 aliphatic carbocycles. The summed E-state index contributed by atoms with van der Waals surface area (Å²) in [5, 5.41) is 3.55. The van der Waals surface area contributed by atoms with Gasteiger partial charge in [0.1, 0.15) is 0 Å². The van der Waals surface area contributed by atoms with Gasteiger partial charge in [-0.05, 0) is 36.5 Å². The third-order valence-corrected chi connectivity index (χ3v) is 4.04. The third kappa shape index (κ3) is 4.35. The normalized spacial score (nSPS) is 18.6. The number of nitrogens with one attached hydrogen (secondary N) is 1. The Morgan fingerprint density at radius 1 is 1.43 bits per heavy atom. The zero-order chi connectivity index (χ0) is 15.2. The topological polar surface area (TPSA) is 32.3 Å². The summed E-state index contributed by atoms with van der Waals surface area (Å²) in [7, 11) is 0. The summed E-state index contributed by atoms with van der Waals surface area (Å²) < 4.78 is 0.